The predicted molar refractivity (Wildman–Crippen MR) is 70.6 cm³/mol. The van der Waals surface area contributed by atoms with Gasteiger partial charge < -0.3 is 10.5 Å². The van der Waals surface area contributed by atoms with E-state index in [1.54, 1.807) is 24.4 Å². The molecule has 0 saturated heterocycles. The van der Waals surface area contributed by atoms with E-state index in [1.807, 2.05) is 24.3 Å². The molecule has 0 bridgehead atoms. The fourth-order valence-electron chi connectivity index (χ4n) is 1.43. The number of nitrogens with two attached hydrogens (primary N) is 1. The number of aromatic nitrogens is 2. The molecule has 1 aromatic heterocycles. The average Bonchev–Trinajstić information content (AvgIpc) is 2.89. The van der Waals surface area contributed by atoms with Gasteiger partial charge in [0.25, 0.3) is 0 Å². The third-order valence-electron chi connectivity index (χ3n) is 2.26. The quantitative estimate of drug-likeness (QED) is 0.843. The molecule has 0 aliphatic rings. The molecular formula is C11H13N3OS2. The number of nitrogens with zero attached hydrogens (tertiary/aromatic N) is 2. The third-order valence-corrected chi connectivity index (χ3v) is 4.36. The highest BCUT2D eigenvalue weighted by Crippen LogP contribution is 2.35. The van der Waals surface area contributed by atoms with Crippen LogP contribution in [-0.2, 0) is 0 Å². The Bertz CT molecular complexity index is 461. The lowest BCUT2D eigenvalue weighted by atomic mass is 10.1. The van der Waals surface area contributed by atoms with Crippen molar-refractivity contribution in [2.45, 2.75) is 9.59 Å². The lowest BCUT2D eigenvalue weighted by molar-refractivity contribution is 0.414. The molecule has 0 radical (unpaired) electrons. The summed E-state index contributed by atoms with van der Waals surface area (Å²) in [5.74, 6) is 0.846. The summed E-state index contributed by atoms with van der Waals surface area (Å²) in [6.07, 6.45) is 0. The molecule has 0 amide bonds. The molecule has 0 saturated carbocycles. The molecule has 0 spiro atoms. The van der Waals surface area contributed by atoms with E-state index in [9.17, 15) is 0 Å². The number of ether oxygens (including phenoxy) is 1. The standard InChI is InChI=1S/C11H13N3OS2/c1-15-9-4-2-3-8(5-9)10(6-12)17-11-14-13-7-16-11/h2-5,7,10H,6,12H2,1H3. The molecule has 0 aliphatic heterocycles. The third kappa shape index (κ3) is 3.18. The summed E-state index contributed by atoms with van der Waals surface area (Å²) < 4.78 is 6.14. The van der Waals surface area contributed by atoms with Crippen molar-refractivity contribution in [1.29, 1.82) is 0 Å². The summed E-state index contributed by atoms with van der Waals surface area (Å²) in [6.45, 7) is 0.553. The topological polar surface area (TPSA) is 61.0 Å². The molecular weight excluding hydrogens is 254 g/mol. The average molecular weight is 267 g/mol. The van der Waals surface area contributed by atoms with Crippen molar-refractivity contribution in [1.82, 2.24) is 10.2 Å². The van der Waals surface area contributed by atoms with Crippen LogP contribution in [0.1, 0.15) is 10.8 Å². The van der Waals surface area contributed by atoms with E-state index >= 15 is 0 Å². The van der Waals surface area contributed by atoms with Crippen LogP contribution in [0.3, 0.4) is 0 Å². The second-order valence-electron chi connectivity index (χ2n) is 3.32. The van der Waals surface area contributed by atoms with Gasteiger partial charge in [0.2, 0.25) is 0 Å². The van der Waals surface area contributed by atoms with Crippen molar-refractivity contribution < 1.29 is 4.74 Å². The van der Waals surface area contributed by atoms with E-state index in [4.69, 9.17) is 10.5 Å². The van der Waals surface area contributed by atoms with Gasteiger partial charge in [0.1, 0.15) is 11.3 Å². The first kappa shape index (κ1) is 12.3. The fourth-order valence-corrected chi connectivity index (χ4v) is 3.13. The van der Waals surface area contributed by atoms with E-state index < -0.39 is 0 Å². The fraction of sp³-hybridized carbons (Fsp3) is 0.273. The van der Waals surface area contributed by atoms with Gasteiger partial charge >= 0.3 is 0 Å². The molecule has 1 aromatic carbocycles. The summed E-state index contributed by atoms with van der Waals surface area (Å²) in [7, 11) is 1.66. The monoisotopic (exact) mass is 267 g/mol. The van der Waals surface area contributed by atoms with E-state index in [1.165, 1.54) is 11.3 Å². The SMILES string of the molecule is COc1cccc(C(CN)Sc2nncs2)c1. The molecule has 1 heterocycles. The van der Waals surface area contributed by atoms with Crippen LogP contribution < -0.4 is 10.5 Å². The molecule has 90 valence electrons. The Morgan fingerprint density at radius 3 is 3.06 bits per heavy atom. The van der Waals surface area contributed by atoms with Crippen LogP contribution >= 0.6 is 23.1 Å². The highest BCUT2D eigenvalue weighted by Gasteiger charge is 2.13. The Kier molecular flexibility index (Phi) is 4.36. The number of rotatable bonds is 5. The Morgan fingerprint density at radius 1 is 1.53 bits per heavy atom. The highest BCUT2D eigenvalue weighted by atomic mass is 32.2. The van der Waals surface area contributed by atoms with Gasteiger partial charge in [-0.05, 0) is 17.7 Å². The first-order valence-electron chi connectivity index (χ1n) is 5.10. The van der Waals surface area contributed by atoms with E-state index in [-0.39, 0.29) is 5.25 Å². The van der Waals surface area contributed by atoms with Gasteiger partial charge in [-0.2, -0.15) is 0 Å². The molecule has 0 aliphatic carbocycles. The molecule has 2 aromatic rings. The van der Waals surface area contributed by atoms with Gasteiger partial charge in [0, 0.05) is 11.8 Å². The lowest BCUT2D eigenvalue weighted by Crippen LogP contribution is -2.09. The zero-order valence-corrected chi connectivity index (χ0v) is 11.0. The maximum Gasteiger partial charge on any atom is 0.174 e. The van der Waals surface area contributed by atoms with Crippen LogP contribution in [0.25, 0.3) is 0 Å². The molecule has 1 atom stereocenters. The lowest BCUT2D eigenvalue weighted by Gasteiger charge is -2.13. The Labute approximate surface area is 108 Å². The van der Waals surface area contributed by atoms with Gasteiger partial charge in [-0.15, -0.1) is 10.2 Å². The molecule has 6 heteroatoms. The molecule has 4 nitrogen and oxygen atoms in total. The van der Waals surface area contributed by atoms with E-state index in [0.29, 0.717) is 6.54 Å². The van der Waals surface area contributed by atoms with Crippen LogP contribution in [0.15, 0.2) is 34.1 Å². The van der Waals surface area contributed by atoms with Crippen LogP contribution in [0.5, 0.6) is 5.75 Å². The first-order valence-corrected chi connectivity index (χ1v) is 6.86. The Morgan fingerprint density at radius 2 is 2.41 bits per heavy atom. The number of hydrogen-bond donors (Lipinski definition) is 1. The summed E-state index contributed by atoms with van der Waals surface area (Å²) in [6, 6.07) is 7.95. The van der Waals surface area contributed by atoms with Gasteiger partial charge in [-0.3, -0.25) is 0 Å². The largest absolute Gasteiger partial charge is 0.497 e. The van der Waals surface area contributed by atoms with Crippen molar-refractivity contribution >= 4 is 23.1 Å². The number of methoxy groups -OCH3 is 1. The molecule has 2 N–H and O–H groups in total. The van der Waals surface area contributed by atoms with E-state index in [0.717, 1.165) is 15.7 Å². The van der Waals surface area contributed by atoms with Crippen molar-refractivity contribution in [2.75, 3.05) is 13.7 Å². The highest BCUT2D eigenvalue weighted by molar-refractivity contribution is 8.01. The Hall–Kier alpha value is -1.11. The minimum Gasteiger partial charge on any atom is -0.497 e. The molecule has 2 rings (SSSR count). The number of thioether (sulfide) groups is 1. The van der Waals surface area contributed by atoms with Crippen molar-refractivity contribution in [3.05, 3.63) is 35.3 Å². The normalized spacial score (nSPS) is 12.4. The van der Waals surface area contributed by atoms with Crippen LogP contribution in [0.4, 0.5) is 0 Å². The second-order valence-corrected chi connectivity index (χ2v) is 5.61. The van der Waals surface area contributed by atoms with Gasteiger partial charge in [0.05, 0.1) is 7.11 Å². The number of benzene rings is 1. The maximum atomic E-state index is 5.81. The maximum absolute atomic E-state index is 5.81. The summed E-state index contributed by atoms with van der Waals surface area (Å²) >= 11 is 3.16. The number of hydrogen-bond acceptors (Lipinski definition) is 6. The molecule has 17 heavy (non-hydrogen) atoms. The van der Waals surface area contributed by atoms with E-state index in [2.05, 4.69) is 10.2 Å². The van der Waals surface area contributed by atoms with Gasteiger partial charge in [0.15, 0.2) is 4.34 Å². The second kappa shape index (κ2) is 6.00. The zero-order chi connectivity index (χ0) is 12.1. The predicted octanol–water partition coefficient (Wildman–Crippen LogP) is 2.34. The van der Waals surface area contributed by atoms with Crippen molar-refractivity contribution in [2.24, 2.45) is 5.73 Å². The van der Waals surface area contributed by atoms with Crippen LogP contribution in [0, 0.1) is 0 Å². The minimum atomic E-state index is 0.179. The van der Waals surface area contributed by atoms with Crippen LogP contribution in [-0.4, -0.2) is 23.9 Å². The van der Waals surface area contributed by atoms with Crippen molar-refractivity contribution in [3.63, 3.8) is 0 Å². The Balaban J connectivity index is 2.16. The smallest absolute Gasteiger partial charge is 0.174 e. The van der Waals surface area contributed by atoms with Gasteiger partial charge in [-0.25, -0.2) is 0 Å². The summed E-state index contributed by atoms with van der Waals surface area (Å²) in [5, 5.41) is 8.01. The zero-order valence-electron chi connectivity index (χ0n) is 9.37. The molecule has 0 fully saturated rings. The molecule has 1 unspecified atom stereocenters. The minimum absolute atomic E-state index is 0.179. The first-order chi connectivity index (χ1) is 8.33. The summed E-state index contributed by atoms with van der Waals surface area (Å²) in [5.41, 5.74) is 8.68. The van der Waals surface area contributed by atoms with Gasteiger partial charge in [-0.1, -0.05) is 35.2 Å². The van der Waals surface area contributed by atoms with Crippen molar-refractivity contribution in [3.8, 4) is 5.75 Å². The van der Waals surface area contributed by atoms with Crippen LogP contribution in [0.2, 0.25) is 0 Å². The summed E-state index contributed by atoms with van der Waals surface area (Å²) in [4.78, 5) is 0.